The summed E-state index contributed by atoms with van der Waals surface area (Å²) < 4.78 is 0. The molecule has 0 aliphatic carbocycles. The summed E-state index contributed by atoms with van der Waals surface area (Å²) in [5.41, 5.74) is 0. The molecule has 0 aliphatic heterocycles. The summed E-state index contributed by atoms with van der Waals surface area (Å²) in [6, 6.07) is 0.483. The molecule has 0 aromatic carbocycles. The van der Waals surface area contributed by atoms with Gasteiger partial charge in [-0.05, 0) is 19.9 Å². The van der Waals surface area contributed by atoms with Crippen LogP contribution in [0.2, 0.25) is 0 Å². The second-order valence-electron chi connectivity index (χ2n) is 3.32. The molecule has 0 bridgehead atoms. The average molecular weight is 167 g/mol. The van der Waals surface area contributed by atoms with Gasteiger partial charge in [0.15, 0.2) is 0 Å². The molecule has 0 spiro atoms. The molecule has 0 saturated carbocycles. The third-order valence-electron chi connectivity index (χ3n) is 1.95. The first-order valence-corrected chi connectivity index (χ1v) is 4.98. The van der Waals surface area contributed by atoms with Crippen molar-refractivity contribution < 1.29 is 0 Å². The second-order valence-corrected chi connectivity index (χ2v) is 3.32. The third kappa shape index (κ3) is 7.63. The van der Waals surface area contributed by atoms with Gasteiger partial charge in [0.25, 0.3) is 0 Å². The van der Waals surface area contributed by atoms with Gasteiger partial charge in [-0.1, -0.05) is 26.2 Å². The van der Waals surface area contributed by atoms with Gasteiger partial charge in [-0.3, -0.25) is 0 Å². The lowest BCUT2D eigenvalue weighted by Crippen LogP contribution is -2.26. The van der Waals surface area contributed by atoms with Crippen molar-refractivity contribution in [1.29, 1.82) is 0 Å². The molecule has 0 aliphatic rings. The van der Waals surface area contributed by atoms with E-state index in [4.69, 9.17) is 6.42 Å². The highest BCUT2D eigenvalue weighted by atomic mass is 14.9. The number of nitrogens with one attached hydrogen (secondary N) is 1. The van der Waals surface area contributed by atoms with E-state index in [0.717, 1.165) is 13.0 Å². The summed E-state index contributed by atoms with van der Waals surface area (Å²) in [6.07, 6.45) is 11.3. The number of hydrogen-bond donors (Lipinski definition) is 1. The zero-order valence-electron chi connectivity index (χ0n) is 8.40. The smallest absolute Gasteiger partial charge is 0.0238 e. The Morgan fingerprint density at radius 2 is 2.08 bits per heavy atom. The molecule has 0 amide bonds. The monoisotopic (exact) mass is 167 g/mol. The van der Waals surface area contributed by atoms with Crippen molar-refractivity contribution in [1.82, 2.24) is 5.32 Å². The summed E-state index contributed by atoms with van der Waals surface area (Å²) in [5, 5.41) is 3.40. The van der Waals surface area contributed by atoms with E-state index in [-0.39, 0.29) is 0 Å². The van der Waals surface area contributed by atoms with Gasteiger partial charge in [0, 0.05) is 12.5 Å². The maximum atomic E-state index is 5.19. The molecule has 1 unspecified atom stereocenters. The van der Waals surface area contributed by atoms with Gasteiger partial charge < -0.3 is 5.32 Å². The van der Waals surface area contributed by atoms with Crippen molar-refractivity contribution in [2.45, 2.75) is 52.0 Å². The van der Waals surface area contributed by atoms with Crippen LogP contribution in [0.15, 0.2) is 0 Å². The van der Waals surface area contributed by atoms with E-state index >= 15 is 0 Å². The van der Waals surface area contributed by atoms with Crippen molar-refractivity contribution in [2.75, 3.05) is 6.54 Å². The molecule has 0 heterocycles. The number of terminal acetylenes is 1. The fraction of sp³-hybridized carbons (Fsp3) is 0.818. The highest BCUT2D eigenvalue weighted by Gasteiger charge is 1.96. The molecule has 0 aromatic heterocycles. The number of unbranched alkanes of at least 4 members (excludes halogenated alkanes) is 3. The van der Waals surface area contributed by atoms with Crippen molar-refractivity contribution in [3.63, 3.8) is 0 Å². The first-order valence-electron chi connectivity index (χ1n) is 4.98. The Hall–Kier alpha value is -0.480. The van der Waals surface area contributed by atoms with Crippen LogP contribution in [0.3, 0.4) is 0 Å². The lowest BCUT2D eigenvalue weighted by molar-refractivity contribution is 0.527. The van der Waals surface area contributed by atoms with Crippen LogP contribution in [-0.4, -0.2) is 12.6 Å². The van der Waals surface area contributed by atoms with Crippen molar-refractivity contribution in [3.8, 4) is 12.3 Å². The summed E-state index contributed by atoms with van der Waals surface area (Å²) in [6.45, 7) is 5.48. The Kier molecular flexibility index (Phi) is 8.27. The Labute approximate surface area is 76.9 Å². The van der Waals surface area contributed by atoms with Gasteiger partial charge in [-0.25, -0.2) is 0 Å². The molecular formula is C11H21N. The average Bonchev–Trinajstić information content (AvgIpc) is 2.05. The van der Waals surface area contributed by atoms with Crippen LogP contribution in [-0.2, 0) is 0 Å². The molecule has 0 fully saturated rings. The standard InChI is InChI=1S/C11H21N/c1-4-6-7-8-10-12-11(3)9-5-2/h2,11-12H,4,6-10H2,1,3H3. The van der Waals surface area contributed by atoms with Crippen LogP contribution >= 0.6 is 0 Å². The molecule has 1 N–H and O–H groups in total. The second kappa shape index (κ2) is 8.62. The van der Waals surface area contributed by atoms with Gasteiger partial charge in [0.1, 0.15) is 0 Å². The molecule has 0 saturated heterocycles. The summed E-state index contributed by atoms with van der Waals surface area (Å²) in [5.74, 6) is 2.66. The predicted octanol–water partition coefficient (Wildman–Crippen LogP) is 2.57. The van der Waals surface area contributed by atoms with Gasteiger partial charge in [-0.2, -0.15) is 0 Å². The molecule has 1 nitrogen and oxygen atoms in total. The van der Waals surface area contributed by atoms with Crippen LogP contribution in [0.1, 0.15) is 46.0 Å². The molecule has 1 atom stereocenters. The first-order chi connectivity index (χ1) is 5.81. The molecule has 12 heavy (non-hydrogen) atoms. The van der Waals surface area contributed by atoms with E-state index in [1.165, 1.54) is 25.7 Å². The van der Waals surface area contributed by atoms with Crippen LogP contribution in [0.25, 0.3) is 0 Å². The first kappa shape index (κ1) is 11.5. The third-order valence-corrected chi connectivity index (χ3v) is 1.95. The zero-order valence-corrected chi connectivity index (χ0v) is 8.40. The number of rotatable bonds is 7. The normalized spacial score (nSPS) is 12.4. The Morgan fingerprint density at radius 1 is 1.33 bits per heavy atom. The maximum absolute atomic E-state index is 5.19. The summed E-state index contributed by atoms with van der Waals surface area (Å²) >= 11 is 0. The fourth-order valence-corrected chi connectivity index (χ4v) is 1.15. The molecule has 70 valence electrons. The van der Waals surface area contributed by atoms with Crippen LogP contribution in [0, 0.1) is 12.3 Å². The van der Waals surface area contributed by atoms with Crippen molar-refractivity contribution in [2.24, 2.45) is 0 Å². The minimum Gasteiger partial charge on any atom is -0.313 e. The Balaban J connectivity index is 3.04. The molecule has 1 heteroatoms. The van der Waals surface area contributed by atoms with Gasteiger partial charge in [-0.15, -0.1) is 12.3 Å². The lowest BCUT2D eigenvalue weighted by Gasteiger charge is -2.09. The molecule has 0 radical (unpaired) electrons. The highest BCUT2D eigenvalue weighted by molar-refractivity contribution is 4.87. The van der Waals surface area contributed by atoms with Crippen LogP contribution in [0.5, 0.6) is 0 Å². The minimum absolute atomic E-state index is 0.483. The molecule has 0 aromatic rings. The summed E-state index contributed by atoms with van der Waals surface area (Å²) in [4.78, 5) is 0. The van der Waals surface area contributed by atoms with E-state index in [1.807, 2.05) is 0 Å². The highest BCUT2D eigenvalue weighted by Crippen LogP contribution is 1.98. The van der Waals surface area contributed by atoms with Crippen molar-refractivity contribution >= 4 is 0 Å². The Morgan fingerprint density at radius 3 is 2.67 bits per heavy atom. The lowest BCUT2D eigenvalue weighted by atomic mass is 10.2. The SMILES string of the molecule is C#CCC(C)NCCCCCC. The topological polar surface area (TPSA) is 12.0 Å². The van der Waals surface area contributed by atoms with Crippen LogP contribution < -0.4 is 5.32 Å². The number of hydrogen-bond acceptors (Lipinski definition) is 1. The maximum Gasteiger partial charge on any atom is 0.0238 e. The largest absolute Gasteiger partial charge is 0.313 e. The van der Waals surface area contributed by atoms with Gasteiger partial charge in [0.2, 0.25) is 0 Å². The van der Waals surface area contributed by atoms with Gasteiger partial charge in [0.05, 0.1) is 0 Å². The van der Waals surface area contributed by atoms with E-state index < -0.39 is 0 Å². The van der Waals surface area contributed by atoms with Gasteiger partial charge >= 0.3 is 0 Å². The Bertz CT molecular complexity index is 123. The molecule has 0 rings (SSSR count). The van der Waals surface area contributed by atoms with Crippen LogP contribution in [0.4, 0.5) is 0 Å². The van der Waals surface area contributed by atoms with E-state index in [1.54, 1.807) is 0 Å². The van der Waals surface area contributed by atoms with E-state index in [0.29, 0.717) is 6.04 Å². The summed E-state index contributed by atoms with van der Waals surface area (Å²) in [7, 11) is 0. The fourth-order valence-electron chi connectivity index (χ4n) is 1.15. The van der Waals surface area contributed by atoms with Crippen molar-refractivity contribution in [3.05, 3.63) is 0 Å². The predicted molar refractivity (Wildman–Crippen MR) is 55.1 cm³/mol. The molecular weight excluding hydrogens is 146 g/mol. The zero-order chi connectivity index (χ0) is 9.23. The minimum atomic E-state index is 0.483. The van der Waals surface area contributed by atoms with E-state index in [2.05, 4.69) is 25.1 Å². The quantitative estimate of drug-likeness (QED) is 0.454. The van der Waals surface area contributed by atoms with E-state index in [9.17, 15) is 0 Å².